The van der Waals surface area contributed by atoms with Gasteiger partial charge in [-0.05, 0) is 62.6 Å². The van der Waals surface area contributed by atoms with Crippen LogP contribution in [0.25, 0.3) is 6.08 Å². The molecule has 0 aliphatic rings. The SMILES string of the molecule is C=C/C(C#N)=C(/Nc1ccc(C)c(C=C(C)C)c1)C(=C)C.CC.CCC. The molecule has 1 aromatic carbocycles. The Morgan fingerprint density at radius 2 is 1.73 bits per heavy atom. The first-order valence-corrected chi connectivity index (χ1v) is 9.25. The van der Waals surface area contributed by atoms with Gasteiger partial charge in [0.2, 0.25) is 0 Å². The lowest BCUT2D eigenvalue weighted by molar-refractivity contribution is 1.09. The summed E-state index contributed by atoms with van der Waals surface area (Å²) in [5, 5.41) is 12.4. The van der Waals surface area contributed by atoms with Crippen molar-refractivity contribution in [1.29, 1.82) is 5.26 Å². The summed E-state index contributed by atoms with van der Waals surface area (Å²) in [6, 6.07) is 8.27. The van der Waals surface area contributed by atoms with E-state index in [2.05, 4.69) is 77.4 Å². The van der Waals surface area contributed by atoms with Crippen LogP contribution in [0.5, 0.6) is 0 Å². The molecule has 2 heteroatoms. The Kier molecular flexibility index (Phi) is 14.6. The van der Waals surface area contributed by atoms with E-state index < -0.39 is 0 Å². The summed E-state index contributed by atoms with van der Waals surface area (Å²) in [6.45, 7) is 24.0. The molecule has 1 aromatic rings. The number of benzene rings is 1. The number of aryl methyl sites for hydroxylation is 1. The highest BCUT2D eigenvalue weighted by atomic mass is 14.9. The number of anilines is 1. The van der Waals surface area contributed by atoms with E-state index in [0.29, 0.717) is 11.3 Å². The smallest absolute Gasteiger partial charge is 0.101 e. The van der Waals surface area contributed by atoms with Crippen molar-refractivity contribution in [1.82, 2.24) is 0 Å². The van der Waals surface area contributed by atoms with Gasteiger partial charge in [-0.15, -0.1) is 0 Å². The third-order valence-corrected chi connectivity index (χ3v) is 3.01. The summed E-state index contributed by atoms with van der Waals surface area (Å²) in [5.74, 6) is 0. The van der Waals surface area contributed by atoms with Gasteiger partial charge in [0, 0.05) is 5.69 Å². The van der Waals surface area contributed by atoms with E-state index in [0.717, 1.165) is 16.8 Å². The molecule has 0 unspecified atom stereocenters. The van der Waals surface area contributed by atoms with E-state index in [1.165, 1.54) is 17.6 Å². The fourth-order valence-corrected chi connectivity index (χ4v) is 1.94. The second-order valence-corrected chi connectivity index (χ2v) is 6.01. The molecule has 0 aromatic heterocycles. The largest absolute Gasteiger partial charge is 0.354 e. The van der Waals surface area contributed by atoms with Gasteiger partial charge in [0.05, 0.1) is 11.3 Å². The molecule has 1 N–H and O–H groups in total. The first-order chi connectivity index (χ1) is 12.3. The van der Waals surface area contributed by atoms with E-state index >= 15 is 0 Å². The number of hydrogen-bond acceptors (Lipinski definition) is 2. The maximum absolute atomic E-state index is 9.17. The van der Waals surface area contributed by atoms with Gasteiger partial charge in [0.25, 0.3) is 0 Å². The Hall–Kier alpha value is -2.53. The topological polar surface area (TPSA) is 35.8 Å². The summed E-state index contributed by atoms with van der Waals surface area (Å²) in [5.41, 5.74) is 6.56. The maximum atomic E-state index is 9.17. The number of nitriles is 1. The van der Waals surface area contributed by atoms with Gasteiger partial charge >= 0.3 is 0 Å². The second kappa shape index (κ2) is 14.8. The quantitative estimate of drug-likeness (QED) is 0.433. The molecule has 0 fully saturated rings. The van der Waals surface area contributed by atoms with E-state index in [1.54, 1.807) is 6.08 Å². The molecule has 0 saturated heterocycles. The van der Waals surface area contributed by atoms with Gasteiger partial charge in [-0.2, -0.15) is 5.26 Å². The fourth-order valence-electron chi connectivity index (χ4n) is 1.94. The van der Waals surface area contributed by atoms with Crippen LogP contribution in [0.15, 0.2) is 59.8 Å². The highest BCUT2D eigenvalue weighted by Gasteiger charge is 2.06. The molecule has 142 valence electrons. The lowest BCUT2D eigenvalue weighted by atomic mass is 10.0. The Morgan fingerprint density at radius 1 is 1.19 bits per heavy atom. The van der Waals surface area contributed by atoms with Gasteiger partial charge in [-0.25, -0.2) is 0 Å². The van der Waals surface area contributed by atoms with Gasteiger partial charge < -0.3 is 5.32 Å². The van der Waals surface area contributed by atoms with Crippen molar-refractivity contribution in [2.45, 2.75) is 61.8 Å². The van der Waals surface area contributed by atoms with Crippen molar-refractivity contribution < 1.29 is 0 Å². The summed E-state index contributed by atoms with van der Waals surface area (Å²) in [6.07, 6.45) is 4.94. The Morgan fingerprint density at radius 3 is 2.12 bits per heavy atom. The molecule has 0 bridgehead atoms. The maximum Gasteiger partial charge on any atom is 0.101 e. The zero-order chi connectivity index (χ0) is 20.7. The van der Waals surface area contributed by atoms with Gasteiger partial charge in [0.1, 0.15) is 6.07 Å². The van der Waals surface area contributed by atoms with Crippen molar-refractivity contribution in [3.8, 4) is 6.07 Å². The third-order valence-electron chi connectivity index (χ3n) is 3.01. The van der Waals surface area contributed by atoms with Gasteiger partial charge in [0.15, 0.2) is 0 Å². The molecular formula is C24H36N2. The van der Waals surface area contributed by atoms with Crippen molar-refractivity contribution in [2.24, 2.45) is 0 Å². The fraction of sp³-hybridized carbons (Fsp3) is 0.375. The van der Waals surface area contributed by atoms with Crippen LogP contribution in [0, 0.1) is 18.3 Å². The lowest BCUT2D eigenvalue weighted by Gasteiger charge is -2.14. The van der Waals surface area contributed by atoms with Crippen LogP contribution in [-0.4, -0.2) is 0 Å². The molecule has 26 heavy (non-hydrogen) atoms. The van der Waals surface area contributed by atoms with Crippen molar-refractivity contribution in [3.05, 3.63) is 71.0 Å². The molecule has 2 nitrogen and oxygen atoms in total. The van der Waals surface area contributed by atoms with Crippen LogP contribution in [0.2, 0.25) is 0 Å². The molecule has 1 rings (SSSR count). The lowest BCUT2D eigenvalue weighted by Crippen LogP contribution is -2.04. The number of nitrogens with zero attached hydrogens (tertiary/aromatic N) is 1. The predicted molar refractivity (Wildman–Crippen MR) is 119 cm³/mol. The minimum Gasteiger partial charge on any atom is -0.354 e. The van der Waals surface area contributed by atoms with Crippen LogP contribution in [0.1, 0.15) is 66.0 Å². The Labute approximate surface area is 161 Å². The average Bonchev–Trinajstić information content (AvgIpc) is 2.59. The molecule has 0 spiro atoms. The zero-order valence-corrected chi connectivity index (χ0v) is 18.0. The monoisotopic (exact) mass is 352 g/mol. The molecule has 0 amide bonds. The van der Waals surface area contributed by atoms with Crippen molar-refractivity contribution >= 4 is 11.8 Å². The van der Waals surface area contributed by atoms with Crippen molar-refractivity contribution in [3.63, 3.8) is 0 Å². The minimum atomic E-state index is 0.492. The Balaban J connectivity index is 0. The second-order valence-electron chi connectivity index (χ2n) is 6.01. The average molecular weight is 353 g/mol. The molecule has 0 heterocycles. The molecule has 0 radical (unpaired) electrons. The first kappa shape index (κ1) is 25.7. The normalized spacial score (nSPS) is 9.81. The van der Waals surface area contributed by atoms with Crippen LogP contribution >= 0.6 is 0 Å². The molecule has 0 atom stereocenters. The van der Waals surface area contributed by atoms with Crippen LogP contribution in [0.4, 0.5) is 5.69 Å². The number of hydrogen-bond donors (Lipinski definition) is 1. The number of allylic oxidation sites excluding steroid dienone is 4. The van der Waals surface area contributed by atoms with E-state index in [4.69, 9.17) is 0 Å². The molecule has 0 aliphatic heterocycles. The highest BCUT2D eigenvalue weighted by molar-refractivity contribution is 5.65. The molecule has 0 aliphatic carbocycles. The summed E-state index contributed by atoms with van der Waals surface area (Å²) < 4.78 is 0. The Bertz CT molecular complexity index is 679. The van der Waals surface area contributed by atoms with Crippen LogP contribution in [0.3, 0.4) is 0 Å². The third kappa shape index (κ3) is 9.69. The number of nitrogens with one attached hydrogen (secondary N) is 1. The van der Waals surface area contributed by atoms with Crippen molar-refractivity contribution in [2.75, 3.05) is 5.32 Å². The van der Waals surface area contributed by atoms with E-state index in [-0.39, 0.29) is 0 Å². The predicted octanol–water partition coefficient (Wildman–Crippen LogP) is 7.81. The summed E-state index contributed by atoms with van der Waals surface area (Å²) >= 11 is 0. The zero-order valence-electron chi connectivity index (χ0n) is 18.0. The first-order valence-electron chi connectivity index (χ1n) is 9.25. The summed E-state index contributed by atoms with van der Waals surface area (Å²) in [7, 11) is 0. The minimum absolute atomic E-state index is 0.492. The van der Waals surface area contributed by atoms with E-state index in [9.17, 15) is 5.26 Å². The molecule has 0 saturated carbocycles. The highest BCUT2D eigenvalue weighted by Crippen LogP contribution is 2.22. The summed E-state index contributed by atoms with van der Waals surface area (Å²) in [4.78, 5) is 0. The van der Waals surface area contributed by atoms with E-state index in [1.807, 2.05) is 26.8 Å². The van der Waals surface area contributed by atoms with Crippen LogP contribution in [-0.2, 0) is 0 Å². The van der Waals surface area contributed by atoms with Gasteiger partial charge in [-0.3, -0.25) is 0 Å². The van der Waals surface area contributed by atoms with Crippen LogP contribution < -0.4 is 5.32 Å². The molecular weight excluding hydrogens is 316 g/mol. The standard InChI is InChI=1S/C19H22N2.C3H8.C2H6/c1-7-16(12-20)19(14(4)5)21-18-9-8-15(6)17(11-18)10-13(2)3;1-3-2;1-2/h7-11,21H,1,4H2,2-3,5-6H3;3H2,1-2H3;1-2H3/b19-16-;;. The number of rotatable bonds is 5. The van der Waals surface area contributed by atoms with Gasteiger partial charge in [-0.1, -0.05) is 65.0 Å².